The highest BCUT2D eigenvalue weighted by atomic mass is 19.1. The highest BCUT2D eigenvalue weighted by molar-refractivity contribution is 5.68. The van der Waals surface area contributed by atoms with E-state index in [1.165, 1.54) is 40.1 Å². The first-order valence-electron chi connectivity index (χ1n) is 9.14. The Kier molecular flexibility index (Phi) is 4.77. The molecule has 0 spiro atoms. The number of hydrogen-bond acceptors (Lipinski definition) is 2. The number of rotatable bonds is 5. The topological polar surface area (TPSA) is 21.3 Å². The van der Waals surface area contributed by atoms with E-state index in [0.717, 1.165) is 37.1 Å². The standard InChI is InChI=1S/C22H28FNO/c1-6-24-20-14(2)15(3)21-19(16(20)4)13-22(5,25-21)12-11-17-7-9-18(23)10-8-17/h7-10,24H,6,11-13H2,1-5H3. The molecule has 0 saturated carbocycles. The quantitative estimate of drug-likeness (QED) is 0.774. The van der Waals surface area contributed by atoms with Crippen molar-refractivity contribution in [1.29, 1.82) is 0 Å². The molecule has 1 aliphatic heterocycles. The van der Waals surface area contributed by atoms with E-state index in [0.29, 0.717) is 0 Å². The van der Waals surface area contributed by atoms with E-state index < -0.39 is 0 Å². The van der Waals surface area contributed by atoms with Gasteiger partial charge < -0.3 is 10.1 Å². The van der Waals surface area contributed by atoms with E-state index in [-0.39, 0.29) is 11.4 Å². The summed E-state index contributed by atoms with van der Waals surface area (Å²) in [5.41, 5.74) is 7.36. The molecular formula is C22H28FNO. The summed E-state index contributed by atoms with van der Waals surface area (Å²) >= 11 is 0. The number of fused-ring (bicyclic) bond motifs is 1. The van der Waals surface area contributed by atoms with Crippen LogP contribution in [0, 0.1) is 26.6 Å². The maximum Gasteiger partial charge on any atom is 0.127 e. The Morgan fingerprint density at radius 1 is 1.08 bits per heavy atom. The molecule has 0 aliphatic carbocycles. The van der Waals surface area contributed by atoms with Crippen molar-refractivity contribution >= 4 is 5.69 Å². The lowest BCUT2D eigenvalue weighted by Crippen LogP contribution is -2.30. The SMILES string of the molecule is CCNc1c(C)c(C)c2c(c1C)CC(C)(CCc1ccc(F)cc1)O2. The number of aryl methyl sites for hydroxylation is 1. The number of nitrogens with one attached hydrogen (secondary N) is 1. The van der Waals surface area contributed by atoms with Gasteiger partial charge in [0.15, 0.2) is 0 Å². The Bertz CT molecular complexity index is 782. The van der Waals surface area contributed by atoms with Crippen molar-refractivity contribution in [1.82, 2.24) is 0 Å². The molecule has 0 radical (unpaired) electrons. The minimum Gasteiger partial charge on any atom is -0.487 e. The first-order chi connectivity index (χ1) is 11.8. The molecule has 2 aromatic rings. The summed E-state index contributed by atoms with van der Waals surface area (Å²) in [5.74, 6) is 0.885. The molecule has 25 heavy (non-hydrogen) atoms. The minimum atomic E-state index is -0.205. The average Bonchev–Trinajstić information content (AvgIpc) is 2.95. The third kappa shape index (κ3) is 3.37. The second kappa shape index (κ2) is 6.70. The van der Waals surface area contributed by atoms with Crippen molar-refractivity contribution < 1.29 is 9.13 Å². The van der Waals surface area contributed by atoms with Crippen LogP contribution in [-0.4, -0.2) is 12.1 Å². The summed E-state index contributed by atoms with van der Waals surface area (Å²) < 4.78 is 19.5. The smallest absolute Gasteiger partial charge is 0.127 e. The lowest BCUT2D eigenvalue weighted by Gasteiger charge is -2.24. The Balaban J connectivity index is 1.83. The van der Waals surface area contributed by atoms with Crippen LogP contribution in [0.15, 0.2) is 24.3 Å². The van der Waals surface area contributed by atoms with Crippen LogP contribution in [0.5, 0.6) is 5.75 Å². The van der Waals surface area contributed by atoms with Crippen LogP contribution in [0.4, 0.5) is 10.1 Å². The molecule has 0 saturated heterocycles. The maximum absolute atomic E-state index is 13.1. The minimum absolute atomic E-state index is 0.183. The average molecular weight is 341 g/mol. The number of benzene rings is 2. The summed E-state index contributed by atoms with van der Waals surface area (Å²) in [7, 11) is 0. The molecule has 0 amide bonds. The van der Waals surface area contributed by atoms with Crippen LogP contribution in [-0.2, 0) is 12.8 Å². The first kappa shape index (κ1) is 17.8. The summed E-state index contributed by atoms with van der Waals surface area (Å²) in [6, 6.07) is 6.79. The molecule has 0 fully saturated rings. The second-order valence-electron chi connectivity index (χ2n) is 7.44. The van der Waals surface area contributed by atoms with Crippen LogP contribution in [0.25, 0.3) is 0 Å². The fraction of sp³-hybridized carbons (Fsp3) is 0.455. The van der Waals surface area contributed by atoms with Gasteiger partial charge in [0.1, 0.15) is 17.2 Å². The molecule has 3 rings (SSSR count). The fourth-order valence-corrected chi connectivity index (χ4v) is 3.84. The van der Waals surface area contributed by atoms with Gasteiger partial charge in [0.2, 0.25) is 0 Å². The van der Waals surface area contributed by atoms with Gasteiger partial charge in [0.25, 0.3) is 0 Å². The van der Waals surface area contributed by atoms with Crippen molar-refractivity contribution in [2.75, 3.05) is 11.9 Å². The van der Waals surface area contributed by atoms with Gasteiger partial charge in [-0.25, -0.2) is 4.39 Å². The van der Waals surface area contributed by atoms with Gasteiger partial charge in [-0.2, -0.15) is 0 Å². The summed E-state index contributed by atoms with van der Waals surface area (Å²) in [6.45, 7) is 11.8. The van der Waals surface area contributed by atoms with Crippen LogP contribution in [0.2, 0.25) is 0 Å². The van der Waals surface area contributed by atoms with E-state index in [4.69, 9.17) is 4.74 Å². The van der Waals surface area contributed by atoms with Crippen molar-refractivity contribution in [2.45, 2.75) is 59.5 Å². The van der Waals surface area contributed by atoms with Crippen LogP contribution in [0.1, 0.15) is 48.1 Å². The summed E-state index contributed by atoms with van der Waals surface area (Å²) in [4.78, 5) is 0. The molecular weight excluding hydrogens is 313 g/mol. The van der Waals surface area contributed by atoms with E-state index in [1.54, 1.807) is 0 Å². The zero-order valence-electron chi connectivity index (χ0n) is 15.9. The molecule has 2 nitrogen and oxygen atoms in total. The maximum atomic E-state index is 13.1. The molecule has 1 aliphatic rings. The molecule has 1 unspecified atom stereocenters. The van der Waals surface area contributed by atoms with E-state index >= 15 is 0 Å². The molecule has 1 heterocycles. The molecule has 1 N–H and O–H groups in total. The van der Waals surface area contributed by atoms with Crippen molar-refractivity contribution in [3.8, 4) is 5.75 Å². The van der Waals surface area contributed by atoms with Gasteiger partial charge in [-0.1, -0.05) is 12.1 Å². The Labute approximate surface area is 150 Å². The Hall–Kier alpha value is -2.03. The van der Waals surface area contributed by atoms with Gasteiger partial charge in [-0.15, -0.1) is 0 Å². The van der Waals surface area contributed by atoms with Crippen LogP contribution >= 0.6 is 0 Å². The second-order valence-corrected chi connectivity index (χ2v) is 7.44. The predicted molar refractivity (Wildman–Crippen MR) is 102 cm³/mol. The van der Waals surface area contributed by atoms with E-state index in [1.807, 2.05) is 12.1 Å². The zero-order chi connectivity index (χ0) is 18.2. The highest BCUT2D eigenvalue weighted by Gasteiger charge is 2.37. The fourth-order valence-electron chi connectivity index (χ4n) is 3.84. The van der Waals surface area contributed by atoms with Gasteiger partial charge in [0, 0.05) is 24.2 Å². The summed E-state index contributed by atoms with van der Waals surface area (Å²) in [5, 5.41) is 3.51. The van der Waals surface area contributed by atoms with Crippen LogP contribution in [0.3, 0.4) is 0 Å². The van der Waals surface area contributed by atoms with Gasteiger partial charge >= 0.3 is 0 Å². The lowest BCUT2D eigenvalue weighted by atomic mass is 9.88. The normalized spacial score (nSPS) is 18.8. The third-order valence-electron chi connectivity index (χ3n) is 5.49. The van der Waals surface area contributed by atoms with Gasteiger partial charge in [-0.05, 0) is 81.8 Å². The largest absolute Gasteiger partial charge is 0.487 e. The number of anilines is 1. The molecule has 0 aromatic heterocycles. The molecule has 1 atom stereocenters. The summed E-state index contributed by atoms with van der Waals surface area (Å²) in [6.07, 6.45) is 2.73. The molecule has 0 bridgehead atoms. The van der Waals surface area contributed by atoms with Crippen LogP contribution < -0.4 is 10.1 Å². The van der Waals surface area contributed by atoms with Crippen molar-refractivity contribution in [3.63, 3.8) is 0 Å². The third-order valence-corrected chi connectivity index (χ3v) is 5.49. The van der Waals surface area contributed by atoms with Crippen molar-refractivity contribution in [3.05, 3.63) is 57.9 Å². The van der Waals surface area contributed by atoms with Crippen molar-refractivity contribution in [2.24, 2.45) is 0 Å². The number of ether oxygens (including phenoxy) is 1. The van der Waals surface area contributed by atoms with E-state index in [2.05, 4.69) is 39.9 Å². The zero-order valence-corrected chi connectivity index (χ0v) is 15.9. The lowest BCUT2D eigenvalue weighted by molar-refractivity contribution is 0.105. The van der Waals surface area contributed by atoms with Gasteiger partial charge in [0.05, 0.1) is 0 Å². The molecule has 134 valence electrons. The monoisotopic (exact) mass is 341 g/mol. The predicted octanol–water partition coefficient (Wildman–Crippen LogP) is 5.51. The van der Waals surface area contributed by atoms with Gasteiger partial charge in [-0.3, -0.25) is 0 Å². The number of hydrogen-bond donors (Lipinski definition) is 1. The molecule has 3 heteroatoms. The Morgan fingerprint density at radius 2 is 1.76 bits per heavy atom. The number of halogens is 1. The van der Waals surface area contributed by atoms with E-state index in [9.17, 15) is 4.39 Å². The Morgan fingerprint density at radius 3 is 2.40 bits per heavy atom. The highest BCUT2D eigenvalue weighted by Crippen LogP contribution is 2.45. The molecule has 2 aromatic carbocycles. The first-order valence-corrected chi connectivity index (χ1v) is 9.14.